The zero-order valence-corrected chi connectivity index (χ0v) is 15.3. The first-order valence-corrected chi connectivity index (χ1v) is 9.43. The summed E-state index contributed by atoms with van der Waals surface area (Å²) in [7, 11) is 0. The Morgan fingerprint density at radius 2 is 2.08 bits per heavy atom. The number of rotatable bonds is 4. The normalized spacial score (nSPS) is 11.3. The number of ether oxygens (including phenoxy) is 1. The van der Waals surface area contributed by atoms with Gasteiger partial charge in [-0.05, 0) is 19.1 Å². The van der Waals surface area contributed by atoms with Crippen LogP contribution in [0.25, 0.3) is 15.2 Å². The van der Waals surface area contributed by atoms with Gasteiger partial charge in [0.25, 0.3) is 5.56 Å². The lowest BCUT2D eigenvalue weighted by molar-refractivity contribution is -0.145. The number of thiazole rings is 2. The van der Waals surface area contributed by atoms with Gasteiger partial charge in [-0.3, -0.25) is 23.4 Å². The lowest BCUT2D eigenvalue weighted by atomic mass is 10.3. The molecule has 4 aromatic rings. The maximum absolute atomic E-state index is 12.4. The molecule has 0 aliphatic rings. The highest BCUT2D eigenvalue weighted by Gasteiger charge is 2.12. The molecule has 0 radical (unpaired) electrons. The molecule has 0 unspecified atom stereocenters. The Bertz CT molecular complexity index is 1250. The summed E-state index contributed by atoms with van der Waals surface area (Å²) < 4.78 is 9.04. The van der Waals surface area contributed by atoms with Crippen LogP contribution in [0.15, 0.2) is 45.3 Å². The van der Waals surface area contributed by atoms with E-state index in [4.69, 9.17) is 4.74 Å². The molecule has 7 nitrogen and oxygen atoms in total. The van der Waals surface area contributed by atoms with Crippen molar-refractivity contribution >= 4 is 43.8 Å². The van der Waals surface area contributed by atoms with E-state index in [1.54, 1.807) is 16.7 Å². The van der Waals surface area contributed by atoms with Gasteiger partial charge in [0.1, 0.15) is 13.2 Å². The smallest absolute Gasteiger partial charge is 0.326 e. The average Bonchev–Trinajstić information content (AvgIpc) is 3.14. The lowest BCUT2D eigenvalue weighted by Crippen LogP contribution is -2.22. The van der Waals surface area contributed by atoms with E-state index in [1.165, 1.54) is 22.0 Å². The molecule has 9 heteroatoms. The van der Waals surface area contributed by atoms with Crippen molar-refractivity contribution in [1.29, 1.82) is 0 Å². The van der Waals surface area contributed by atoms with Crippen LogP contribution in [0.5, 0.6) is 0 Å². The standard InChI is InChI=1S/C17H13N3O4S2/c1-10-9-25-17(23)19(10)7-15(22)24-8-11-6-14(21)20-12-4-2-3-5-13(12)26-16(20)18-11/h2-6,9H,7-8H2,1H3. The van der Waals surface area contributed by atoms with E-state index in [1.807, 2.05) is 24.3 Å². The molecular formula is C17H13N3O4S2. The van der Waals surface area contributed by atoms with Gasteiger partial charge in [0, 0.05) is 17.1 Å². The average molecular weight is 387 g/mol. The van der Waals surface area contributed by atoms with Gasteiger partial charge in [0.2, 0.25) is 0 Å². The number of fused-ring (bicyclic) bond motifs is 3. The van der Waals surface area contributed by atoms with Crippen molar-refractivity contribution in [2.24, 2.45) is 0 Å². The van der Waals surface area contributed by atoms with Crippen LogP contribution in [0, 0.1) is 6.92 Å². The van der Waals surface area contributed by atoms with Gasteiger partial charge in [-0.25, -0.2) is 4.98 Å². The highest BCUT2D eigenvalue weighted by atomic mass is 32.1. The van der Waals surface area contributed by atoms with E-state index < -0.39 is 5.97 Å². The molecule has 132 valence electrons. The van der Waals surface area contributed by atoms with Crippen molar-refractivity contribution in [2.45, 2.75) is 20.1 Å². The molecule has 3 aromatic heterocycles. The largest absolute Gasteiger partial charge is 0.458 e. The number of benzene rings is 1. The SMILES string of the molecule is Cc1csc(=O)n1CC(=O)OCc1cc(=O)n2c(n1)sc1ccccc12. The highest BCUT2D eigenvalue weighted by molar-refractivity contribution is 7.23. The molecule has 0 saturated heterocycles. The molecule has 3 heterocycles. The first kappa shape index (κ1) is 16.7. The van der Waals surface area contributed by atoms with Gasteiger partial charge < -0.3 is 4.74 Å². The van der Waals surface area contributed by atoms with Crippen LogP contribution in [0.1, 0.15) is 11.4 Å². The second kappa shape index (κ2) is 6.50. The summed E-state index contributed by atoms with van der Waals surface area (Å²) in [6, 6.07) is 8.92. The van der Waals surface area contributed by atoms with Crippen molar-refractivity contribution in [1.82, 2.24) is 14.0 Å². The van der Waals surface area contributed by atoms with Crippen LogP contribution >= 0.6 is 22.7 Å². The molecule has 26 heavy (non-hydrogen) atoms. The van der Waals surface area contributed by atoms with Gasteiger partial charge in [0.05, 0.1) is 15.9 Å². The summed E-state index contributed by atoms with van der Waals surface area (Å²) in [6.45, 7) is 1.48. The van der Waals surface area contributed by atoms with Crippen LogP contribution < -0.4 is 10.4 Å². The molecule has 0 atom stereocenters. The Labute approximate surface area is 154 Å². The Balaban J connectivity index is 1.56. The number of nitrogens with zero attached hydrogens (tertiary/aromatic N) is 3. The maximum Gasteiger partial charge on any atom is 0.326 e. The van der Waals surface area contributed by atoms with Gasteiger partial charge in [-0.2, -0.15) is 0 Å². The summed E-state index contributed by atoms with van der Waals surface area (Å²) in [5.74, 6) is -0.549. The number of aryl methyl sites for hydroxylation is 1. The number of aromatic nitrogens is 3. The summed E-state index contributed by atoms with van der Waals surface area (Å²) in [5, 5.41) is 1.69. The number of hydrogen-bond acceptors (Lipinski definition) is 7. The fourth-order valence-corrected chi connectivity index (χ4v) is 4.41. The van der Waals surface area contributed by atoms with Crippen LogP contribution in [-0.4, -0.2) is 19.9 Å². The van der Waals surface area contributed by atoms with E-state index in [2.05, 4.69) is 4.98 Å². The quantitative estimate of drug-likeness (QED) is 0.501. The topological polar surface area (TPSA) is 82.7 Å². The van der Waals surface area contributed by atoms with Gasteiger partial charge in [-0.15, -0.1) is 0 Å². The van der Waals surface area contributed by atoms with Crippen molar-refractivity contribution in [2.75, 3.05) is 0 Å². The van der Waals surface area contributed by atoms with Crippen LogP contribution in [0.4, 0.5) is 0 Å². The maximum atomic E-state index is 12.4. The minimum Gasteiger partial charge on any atom is -0.458 e. The minimum atomic E-state index is -0.549. The Kier molecular flexibility index (Phi) is 4.17. The highest BCUT2D eigenvalue weighted by Crippen LogP contribution is 2.23. The molecule has 0 saturated carbocycles. The van der Waals surface area contributed by atoms with Gasteiger partial charge >= 0.3 is 10.8 Å². The van der Waals surface area contributed by atoms with E-state index in [0.717, 1.165) is 21.6 Å². The van der Waals surface area contributed by atoms with Crippen LogP contribution in [-0.2, 0) is 22.7 Å². The molecule has 4 rings (SSSR count). The molecule has 0 bridgehead atoms. The molecule has 0 fully saturated rings. The molecule has 0 spiro atoms. The van der Waals surface area contributed by atoms with Gasteiger partial charge in [0.15, 0.2) is 4.96 Å². The third-order valence-electron chi connectivity index (χ3n) is 3.89. The Hall–Kier alpha value is -2.78. The third-order valence-corrected chi connectivity index (χ3v) is 5.80. The zero-order chi connectivity index (χ0) is 18.3. The van der Waals surface area contributed by atoms with E-state index in [-0.39, 0.29) is 23.6 Å². The number of carbonyl (C=O) groups is 1. The Morgan fingerprint density at radius 1 is 1.27 bits per heavy atom. The summed E-state index contributed by atoms with van der Waals surface area (Å²) >= 11 is 2.44. The number of carbonyl (C=O) groups excluding carboxylic acids is 1. The third kappa shape index (κ3) is 2.95. The van der Waals surface area contributed by atoms with E-state index in [0.29, 0.717) is 16.3 Å². The zero-order valence-electron chi connectivity index (χ0n) is 13.7. The number of esters is 1. The molecule has 0 amide bonds. The number of para-hydroxylation sites is 1. The van der Waals surface area contributed by atoms with Crippen molar-refractivity contribution < 1.29 is 9.53 Å². The predicted octanol–water partition coefficient (Wildman–Crippen LogP) is 2.18. The summed E-state index contributed by atoms with van der Waals surface area (Å²) in [5.41, 5.74) is 1.67. The number of hydrogen-bond donors (Lipinski definition) is 0. The molecular weight excluding hydrogens is 374 g/mol. The first-order chi connectivity index (χ1) is 12.5. The first-order valence-electron chi connectivity index (χ1n) is 7.74. The van der Waals surface area contributed by atoms with Crippen molar-refractivity contribution in [3.8, 4) is 0 Å². The Morgan fingerprint density at radius 3 is 2.85 bits per heavy atom. The van der Waals surface area contributed by atoms with Crippen LogP contribution in [0.3, 0.4) is 0 Å². The molecule has 0 aliphatic heterocycles. The fourth-order valence-electron chi connectivity index (χ4n) is 2.62. The van der Waals surface area contributed by atoms with Gasteiger partial charge in [-0.1, -0.05) is 34.8 Å². The van der Waals surface area contributed by atoms with E-state index in [9.17, 15) is 14.4 Å². The van der Waals surface area contributed by atoms with Crippen LogP contribution in [0.2, 0.25) is 0 Å². The predicted molar refractivity (Wildman–Crippen MR) is 100.0 cm³/mol. The van der Waals surface area contributed by atoms with Crippen molar-refractivity contribution in [3.05, 3.63) is 67.1 Å². The minimum absolute atomic E-state index is 0.114. The lowest BCUT2D eigenvalue weighted by Gasteiger charge is -2.06. The second-order valence-electron chi connectivity index (χ2n) is 5.66. The summed E-state index contributed by atoms with van der Waals surface area (Å²) in [6.07, 6.45) is 0. The molecule has 0 N–H and O–H groups in total. The fraction of sp³-hybridized carbons (Fsp3) is 0.176. The monoisotopic (exact) mass is 387 g/mol. The molecule has 0 aliphatic carbocycles. The van der Waals surface area contributed by atoms with E-state index >= 15 is 0 Å². The second-order valence-corrected chi connectivity index (χ2v) is 7.49. The summed E-state index contributed by atoms with van der Waals surface area (Å²) in [4.78, 5) is 40.8. The molecule has 1 aromatic carbocycles. The van der Waals surface area contributed by atoms with Crippen molar-refractivity contribution in [3.63, 3.8) is 0 Å².